The molecule has 0 bridgehead atoms. The van der Waals surface area contributed by atoms with Crippen molar-refractivity contribution < 1.29 is 24.9 Å². The summed E-state index contributed by atoms with van der Waals surface area (Å²) in [6.07, 6.45) is 1.00. The van der Waals surface area contributed by atoms with Crippen molar-refractivity contribution in [2.24, 2.45) is 11.8 Å². The second-order valence-corrected chi connectivity index (χ2v) is 7.30. The van der Waals surface area contributed by atoms with Gasteiger partial charge in [0.05, 0.1) is 6.61 Å². The van der Waals surface area contributed by atoms with Gasteiger partial charge in [-0.05, 0) is 39.0 Å². The Morgan fingerprint density at radius 2 is 2.18 bits per heavy atom. The number of hydrogen-bond donors (Lipinski definition) is 3. The van der Waals surface area contributed by atoms with Crippen molar-refractivity contribution >= 4 is 5.78 Å². The Morgan fingerprint density at radius 1 is 1.50 bits per heavy atom. The largest absolute Gasteiger partial charge is 0.488 e. The topological polar surface area (TPSA) is 87.0 Å². The van der Waals surface area contributed by atoms with Gasteiger partial charge in [-0.1, -0.05) is 12.2 Å². The standard InChI is InChI=1S/C17H24O5/c1-9(2)10-4-5-16(3)12(10)6-11-14(22-16)13(19)7-17(21,8-18)15(11)20/h10,12-13,18-19,21H,1,4-8H2,2-3H3. The smallest absolute Gasteiger partial charge is 0.196 e. The van der Waals surface area contributed by atoms with Gasteiger partial charge in [0.15, 0.2) is 11.4 Å². The molecule has 5 atom stereocenters. The monoisotopic (exact) mass is 308 g/mol. The van der Waals surface area contributed by atoms with Crippen molar-refractivity contribution in [2.75, 3.05) is 6.61 Å². The maximum Gasteiger partial charge on any atom is 0.196 e. The molecule has 3 rings (SSSR count). The van der Waals surface area contributed by atoms with Gasteiger partial charge < -0.3 is 20.1 Å². The van der Waals surface area contributed by atoms with E-state index in [1.165, 1.54) is 0 Å². The molecule has 3 aliphatic rings. The lowest BCUT2D eigenvalue weighted by Crippen LogP contribution is -2.54. The fraction of sp³-hybridized carbons (Fsp3) is 0.706. The Hall–Kier alpha value is -1.17. The van der Waals surface area contributed by atoms with Crippen LogP contribution in [0, 0.1) is 11.8 Å². The maximum atomic E-state index is 12.5. The highest BCUT2D eigenvalue weighted by molar-refractivity contribution is 6.03. The summed E-state index contributed by atoms with van der Waals surface area (Å²) in [6, 6.07) is 0. The van der Waals surface area contributed by atoms with Gasteiger partial charge in [0, 0.05) is 17.9 Å². The predicted octanol–water partition coefficient (Wildman–Crippen LogP) is 1.08. The van der Waals surface area contributed by atoms with E-state index in [1.54, 1.807) is 0 Å². The Morgan fingerprint density at radius 3 is 2.77 bits per heavy atom. The number of Topliss-reactive ketones (excluding diaryl/α,β-unsaturated/α-hetero) is 1. The molecule has 1 heterocycles. The number of carbonyl (C=O) groups excluding carboxylic acids is 1. The summed E-state index contributed by atoms with van der Waals surface area (Å²) in [4.78, 5) is 12.5. The number of allylic oxidation sites excluding steroid dienone is 1. The van der Waals surface area contributed by atoms with Crippen molar-refractivity contribution in [2.45, 2.75) is 56.8 Å². The average Bonchev–Trinajstić information content (AvgIpc) is 2.80. The quantitative estimate of drug-likeness (QED) is 0.665. The lowest BCUT2D eigenvalue weighted by molar-refractivity contribution is -0.151. The van der Waals surface area contributed by atoms with Crippen molar-refractivity contribution in [1.82, 2.24) is 0 Å². The van der Waals surface area contributed by atoms with Gasteiger partial charge >= 0.3 is 0 Å². The fourth-order valence-electron chi connectivity index (χ4n) is 4.36. The molecule has 0 spiro atoms. The minimum absolute atomic E-state index is 0.112. The zero-order valence-corrected chi connectivity index (χ0v) is 13.1. The van der Waals surface area contributed by atoms with Gasteiger partial charge in [-0.3, -0.25) is 4.79 Å². The van der Waals surface area contributed by atoms with E-state index < -0.39 is 29.7 Å². The minimum Gasteiger partial charge on any atom is -0.488 e. The summed E-state index contributed by atoms with van der Waals surface area (Å²) in [7, 11) is 0. The molecule has 2 aliphatic carbocycles. The highest BCUT2D eigenvalue weighted by atomic mass is 16.5. The van der Waals surface area contributed by atoms with E-state index in [9.17, 15) is 20.1 Å². The second-order valence-electron chi connectivity index (χ2n) is 7.30. The van der Waals surface area contributed by atoms with E-state index in [0.29, 0.717) is 17.8 Å². The highest BCUT2D eigenvalue weighted by Gasteiger charge is 2.56. The molecule has 0 aromatic carbocycles. The molecule has 5 heteroatoms. The predicted molar refractivity (Wildman–Crippen MR) is 79.8 cm³/mol. The number of aliphatic hydroxyl groups excluding tert-OH is 2. The van der Waals surface area contributed by atoms with Gasteiger partial charge in [-0.2, -0.15) is 0 Å². The Kier molecular flexibility index (Phi) is 3.51. The van der Waals surface area contributed by atoms with Crippen molar-refractivity contribution in [3.8, 4) is 0 Å². The summed E-state index contributed by atoms with van der Waals surface area (Å²) >= 11 is 0. The number of carbonyl (C=O) groups is 1. The highest BCUT2D eigenvalue weighted by Crippen LogP contribution is 2.54. The molecule has 0 saturated heterocycles. The van der Waals surface area contributed by atoms with E-state index in [-0.39, 0.29) is 18.3 Å². The first-order valence-corrected chi connectivity index (χ1v) is 7.85. The van der Waals surface area contributed by atoms with Crippen LogP contribution in [0.15, 0.2) is 23.5 Å². The van der Waals surface area contributed by atoms with E-state index in [1.807, 2.05) is 13.8 Å². The van der Waals surface area contributed by atoms with Crippen LogP contribution in [0.25, 0.3) is 0 Å². The molecule has 0 amide bonds. The zero-order valence-electron chi connectivity index (χ0n) is 13.1. The van der Waals surface area contributed by atoms with Gasteiger partial charge in [-0.25, -0.2) is 0 Å². The zero-order chi connectivity index (χ0) is 16.3. The van der Waals surface area contributed by atoms with Crippen LogP contribution < -0.4 is 0 Å². The molecule has 1 fully saturated rings. The first-order chi connectivity index (χ1) is 10.2. The summed E-state index contributed by atoms with van der Waals surface area (Å²) in [5.41, 5.74) is -0.890. The van der Waals surface area contributed by atoms with Crippen LogP contribution in [0.4, 0.5) is 0 Å². The van der Waals surface area contributed by atoms with Crippen molar-refractivity contribution in [3.63, 3.8) is 0 Å². The van der Waals surface area contributed by atoms with E-state index in [0.717, 1.165) is 18.4 Å². The molecular weight excluding hydrogens is 284 g/mol. The van der Waals surface area contributed by atoms with Crippen molar-refractivity contribution in [3.05, 3.63) is 23.5 Å². The first-order valence-electron chi connectivity index (χ1n) is 7.85. The van der Waals surface area contributed by atoms with Gasteiger partial charge in [0.1, 0.15) is 17.5 Å². The van der Waals surface area contributed by atoms with E-state index in [4.69, 9.17) is 4.74 Å². The summed E-state index contributed by atoms with van der Waals surface area (Å²) in [6.45, 7) is 7.37. The molecule has 5 nitrogen and oxygen atoms in total. The molecule has 0 aromatic heterocycles. The molecule has 1 aliphatic heterocycles. The SMILES string of the molecule is C=C(C)C1CCC2(C)OC3=C(CC12)C(=O)C(O)(CO)CC3O. The number of ketones is 1. The molecule has 1 saturated carbocycles. The van der Waals surface area contributed by atoms with Crippen LogP contribution in [-0.4, -0.2) is 45.0 Å². The Labute approximate surface area is 130 Å². The van der Waals surface area contributed by atoms with Crippen molar-refractivity contribution in [1.29, 1.82) is 0 Å². The number of fused-ring (bicyclic) bond motifs is 1. The van der Waals surface area contributed by atoms with Crippen LogP contribution in [0.1, 0.15) is 39.5 Å². The number of rotatable bonds is 2. The molecule has 5 unspecified atom stereocenters. The van der Waals surface area contributed by atoms with E-state index >= 15 is 0 Å². The maximum absolute atomic E-state index is 12.5. The Balaban J connectivity index is 2.01. The van der Waals surface area contributed by atoms with Crippen LogP contribution in [-0.2, 0) is 9.53 Å². The Bertz CT molecular complexity index is 565. The van der Waals surface area contributed by atoms with Crippen LogP contribution in [0.3, 0.4) is 0 Å². The lowest BCUT2D eigenvalue weighted by atomic mass is 9.71. The molecule has 0 radical (unpaired) electrons. The third-order valence-corrected chi connectivity index (χ3v) is 5.71. The van der Waals surface area contributed by atoms with Crippen LogP contribution >= 0.6 is 0 Å². The number of ether oxygens (including phenoxy) is 1. The fourth-order valence-corrected chi connectivity index (χ4v) is 4.36. The van der Waals surface area contributed by atoms with Crippen LogP contribution in [0.5, 0.6) is 0 Å². The third-order valence-electron chi connectivity index (χ3n) is 5.71. The molecular formula is C17H24O5. The first kappa shape index (κ1) is 15.7. The molecule has 0 aromatic rings. The molecule has 122 valence electrons. The molecule has 3 N–H and O–H groups in total. The molecule has 22 heavy (non-hydrogen) atoms. The van der Waals surface area contributed by atoms with Gasteiger partial charge in [0.2, 0.25) is 0 Å². The van der Waals surface area contributed by atoms with Crippen LogP contribution in [0.2, 0.25) is 0 Å². The van der Waals surface area contributed by atoms with Gasteiger partial charge in [0.25, 0.3) is 0 Å². The third kappa shape index (κ3) is 2.07. The lowest BCUT2D eigenvalue weighted by Gasteiger charge is -2.46. The summed E-state index contributed by atoms with van der Waals surface area (Å²) in [5.74, 6) is 0.169. The van der Waals surface area contributed by atoms with E-state index in [2.05, 4.69) is 6.58 Å². The minimum atomic E-state index is -1.90. The summed E-state index contributed by atoms with van der Waals surface area (Å²) < 4.78 is 6.08. The second kappa shape index (κ2) is 4.91. The summed E-state index contributed by atoms with van der Waals surface area (Å²) in [5, 5.41) is 29.9. The average molecular weight is 308 g/mol. The van der Waals surface area contributed by atoms with Gasteiger partial charge in [-0.15, -0.1) is 0 Å². The normalized spacial score (nSPS) is 44.4. The number of aliphatic hydroxyl groups is 3. The number of hydrogen-bond acceptors (Lipinski definition) is 5.